The highest BCUT2D eigenvalue weighted by Gasteiger charge is 2.55. The van der Waals surface area contributed by atoms with Gasteiger partial charge in [0.2, 0.25) is 0 Å². The van der Waals surface area contributed by atoms with Gasteiger partial charge in [0.05, 0.1) is 12.2 Å². The summed E-state index contributed by atoms with van der Waals surface area (Å²) in [6.45, 7) is 3.92. The van der Waals surface area contributed by atoms with Crippen molar-refractivity contribution in [3.05, 3.63) is 29.0 Å². The van der Waals surface area contributed by atoms with Crippen molar-refractivity contribution in [2.24, 2.45) is 5.92 Å². The zero-order chi connectivity index (χ0) is 15.4. The molecule has 0 radical (unpaired) electrons. The third-order valence-corrected chi connectivity index (χ3v) is 7.40. The Morgan fingerprint density at radius 1 is 1.17 bits per heavy atom. The molecule has 1 amide bonds. The molecule has 2 bridgehead atoms. The minimum absolute atomic E-state index is 0.172. The molecule has 0 unspecified atom stereocenters. The van der Waals surface area contributed by atoms with E-state index in [1.165, 1.54) is 9.75 Å². The standard InChI is InChI=1S/C17H18N2O2S2/c20-16-19(13-8-15(23-9-13)14-2-1-7-22-14)11-17(21-16)10-18-5-3-12(17)4-6-18/h1-2,7-9,12H,3-6,10-11H2/t17-/m0/s1. The summed E-state index contributed by atoms with van der Waals surface area (Å²) in [5.41, 5.74) is 0.704. The molecular weight excluding hydrogens is 328 g/mol. The maximum atomic E-state index is 12.5. The van der Waals surface area contributed by atoms with Gasteiger partial charge in [-0.2, -0.15) is 0 Å². The predicted octanol–water partition coefficient (Wildman–Crippen LogP) is 3.90. The molecule has 2 aromatic rings. The Balaban J connectivity index is 1.43. The number of rotatable bonds is 2. The molecule has 120 valence electrons. The summed E-state index contributed by atoms with van der Waals surface area (Å²) in [6.07, 6.45) is 2.14. The van der Waals surface area contributed by atoms with Crippen LogP contribution in [0.2, 0.25) is 0 Å². The van der Waals surface area contributed by atoms with Crippen molar-refractivity contribution in [1.29, 1.82) is 0 Å². The molecular formula is C17H18N2O2S2. The SMILES string of the molecule is O=C1O[C@@]2(CN3CCC2CC3)CN1c1csc(-c2cccs2)c1. The van der Waals surface area contributed by atoms with Gasteiger partial charge in [0.15, 0.2) is 0 Å². The van der Waals surface area contributed by atoms with Crippen LogP contribution in [0.4, 0.5) is 10.5 Å². The van der Waals surface area contributed by atoms with E-state index in [1.807, 2.05) is 4.90 Å². The highest BCUT2D eigenvalue weighted by Crippen LogP contribution is 2.44. The third kappa shape index (κ3) is 2.16. The number of carbonyl (C=O) groups excluding carboxylic acids is 1. The van der Waals surface area contributed by atoms with Crippen molar-refractivity contribution in [1.82, 2.24) is 4.90 Å². The van der Waals surface area contributed by atoms with Crippen LogP contribution in [0, 0.1) is 5.92 Å². The fraction of sp³-hybridized carbons (Fsp3) is 0.471. The Morgan fingerprint density at radius 2 is 2.04 bits per heavy atom. The number of piperidine rings is 3. The second-order valence-electron chi connectivity index (χ2n) is 6.72. The Hall–Kier alpha value is -1.37. The lowest BCUT2D eigenvalue weighted by Gasteiger charge is -2.49. The normalized spacial score (nSPS) is 32.7. The van der Waals surface area contributed by atoms with Crippen molar-refractivity contribution in [2.45, 2.75) is 18.4 Å². The number of carbonyl (C=O) groups is 1. The lowest BCUT2D eigenvalue weighted by molar-refractivity contribution is -0.0881. The van der Waals surface area contributed by atoms with Gasteiger partial charge >= 0.3 is 6.09 Å². The van der Waals surface area contributed by atoms with Gasteiger partial charge in [-0.05, 0) is 43.4 Å². The predicted molar refractivity (Wildman–Crippen MR) is 93.4 cm³/mol. The summed E-state index contributed by atoms with van der Waals surface area (Å²) >= 11 is 3.43. The van der Waals surface area contributed by atoms with Crippen LogP contribution in [0.5, 0.6) is 0 Å². The van der Waals surface area contributed by atoms with E-state index in [1.54, 1.807) is 22.7 Å². The lowest BCUT2D eigenvalue weighted by atomic mass is 9.75. The van der Waals surface area contributed by atoms with E-state index in [2.05, 4.69) is 33.9 Å². The van der Waals surface area contributed by atoms with E-state index < -0.39 is 0 Å². The lowest BCUT2D eigenvalue weighted by Crippen LogP contribution is -2.61. The van der Waals surface area contributed by atoms with E-state index in [9.17, 15) is 4.79 Å². The molecule has 0 N–H and O–H groups in total. The third-order valence-electron chi connectivity index (χ3n) is 5.42. The molecule has 4 nitrogen and oxygen atoms in total. The number of amides is 1. The van der Waals surface area contributed by atoms with Crippen LogP contribution < -0.4 is 4.90 Å². The first-order valence-electron chi connectivity index (χ1n) is 8.09. The maximum absolute atomic E-state index is 12.5. The molecule has 6 rings (SSSR count). The van der Waals surface area contributed by atoms with E-state index in [4.69, 9.17) is 4.74 Å². The fourth-order valence-corrected chi connectivity index (χ4v) is 5.97. The summed E-state index contributed by atoms with van der Waals surface area (Å²) in [5.74, 6) is 0.525. The molecule has 4 saturated heterocycles. The van der Waals surface area contributed by atoms with Gasteiger partial charge in [0.1, 0.15) is 5.60 Å². The smallest absolute Gasteiger partial charge is 0.415 e. The number of ether oxygens (including phenoxy) is 1. The van der Waals surface area contributed by atoms with E-state index in [0.717, 1.165) is 38.2 Å². The molecule has 2 aromatic heterocycles. The zero-order valence-electron chi connectivity index (χ0n) is 12.7. The Labute approximate surface area is 143 Å². The van der Waals surface area contributed by atoms with Gasteiger partial charge in [-0.15, -0.1) is 22.7 Å². The van der Waals surface area contributed by atoms with E-state index in [-0.39, 0.29) is 11.7 Å². The van der Waals surface area contributed by atoms with E-state index >= 15 is 0 Å². The molecule has 6 heterocycles. The van der Waals surface area contributed by atoms with Crippen LogP contribution in [0.25, 0.3) is 9.75 Å². The van der Waals surface area contributed by atoms with Gasteiger partial charge in [-0.1, -0.05) is 6.07 Å². The van der Waals surface area contributed by atoms with Crippen molar-refractivity contribution in [3.63, 3.8) is 0 Å². The minimum Gasteiger partial charge on any atom is -0.439 e. The van der Waals surface area contributed by atoms with Gasteiger partial charge in [-0.25, -0.2) is 4.79 Å². The van der Waals surface area contributed by atoms with Crippen molar-refractivity contribution in [2.75, 3.05) is 31.1 Å². The molecule has 4 aliphatic rings. The van der Waals surface area contributed by atoms with Gasteiger partial charge in [0, 0.05) is 27.6 Å². The average Bonchev–Trinajstić information content (AvgIpc) is 3.28. The second-order valence-corrected chi connectivity index (χ2v) is 8.57. The summed E-state index contributed by atoms with van der Waals surface area (Å²) < 4.78 is 5.94. The summed E-state index contributed by atoms with van der Waals surface area (Å²) in [5, 5.41) is 4.16. The molecule has 0 aromatic carbocycles. The van der Waals surface area contributed by atoms with Gasteiger partial charge in [0.25, 0.3) is 0 Å². The van der Waals surface area contributed by atoms with Crippen molar-refractivity contribution < 1.29 is 9.53 Å². The molecule has 23 heavy (non-hydrogen) atoms. The van der Waals surface area contributed by atoms with Crippen molar-refractivity contribution >= 4 is 34.5 Å². The van der Waals surface area contributed by atoms with E-state index in [0.29, 0.717) is 12.5 Å². The highest BCUT2D eigenvalue weighted by atomic mass is 32.1. The first kappa shape index (κ1) is 14.0. The van der Waals surface area contributed by atoms with Gasteiger partial charge < -0.3 is 4.74 Å². The number of fused-ring (bicyclic) bond motifs is 2. The molecule has 0 saturated carbocycles. The first-order chi connectivity index (χ1) is 11.2. The summed E-state index contributed by atoms with van der Waals surface area (Å²) in [6, 6.07) is 6.31. The van der Waals surface area contributed by atoms with Gasteiger partial charge in [-0.3, -0.25) is 9.80 Å². The molecule has 0 aliphatic carbocycles. The number of nitrogens with zero attached hydrogens (tertiary/aromatic N) is 2. The first-order valence-corrected chi connectivity index (χ1v) is 9.85. The largest absolute Gasteiger partial charge is 0.439 e. The minimum atomic E-state index is -0.279. The summed E-state index contributed by atoms with van der Waals surface area (Å²) in [4.78, 5) is 19.3. The number of anilines is 1. The molecule has 4 aliphatic heterocycles. The number of hydrogen-bond acceptors (Lipinski definition) is 5. The molecule has 4 fully saturated rings. The van der Waals surface area contributed by atoms with Crippen LogP contribution in [-0.2, 0) is 4.74 Å². The number of hydrogen-bond donors (Lipinski definition) is 0. The average molecular weight is 346 g/mol. The zero-order valence-corrected chi connectivity index (χ0v) is 14.4. The molecule has 1 atom stereocenters. The Morgan fingerprint density at radius 3 is 2.74 bits per heavy atom. The monoisotopic (exact) mass is 346 g/mol. The van der Waals surface area contributed by atoms with Crippen molar-refractivity contribution in [3.8, 4) is 9.75 Å². The van der Waals surface area contributed by atoms with Crippen LogP contribution in [0.3, 0.4) is 0 Å². The second kappa shape index (κ2) is 5.06. The number of thiophene rings is 2. The topological polar surface area (TPSA) is 32.8 Å². The van der Waals surface area contributed by atoms with Crippen LogP contribution in [-0.4, -0.2) is 42.8 Å². The Kier molecular flexibility index (Phi) is 3.08. The van der Waals surface area contributed by atoms with Crippen LogP contribution >= 0.6 is 22.7 Å². The Bertz CT molecular complexity index is 734. The maximum Gasteiger partial charge on any atom is 0.415 e. The highest BCUT2D eigenvalue weighted by molar-refractivity contribution is 7.20. The van der Waals surface area contributed by atoms with Crippen LogP contribution in [0.1, 0.15) is 12.8 Å². The fourth-order valence-electron chi connectivity index (χ4n) is 4.23. The molecule has 6 heteroatoms. The van der Waals surface area contributed by atoms with Crippen LogP contribution in [0.15, 0.2) is 29.0 Å². The quantitative estimate of drug-likeness (QED) is 0.827. The summed E-state index contributed by atoms with van der Waals surface area (Å²) in [7, 11) is 0. The molecule has 1 spiro atoms.